The molecular formula is C13H13Cl2NOS2. The van der Waals surface area contributed by atoms with Gasteiger partial charge < -0.3 is 5.32 Å². The number of halogens is 2. The second kappa shape index (κ2) is 6.75. The van der Waals surface area contributed by atoms with Gasteiger partial charge in [-0.1, -0.05) is 29.3 Å². The molecule has 1 unspecified atom stereocenters. The minimum atomic E-state index is -0.854. The first-order chi connectivity index (χ1) is 9.04. The van der Waals surface area contributed by atoms with Gasteiger partial charge in [0.15, 0.2) is 0 Å². The highest BCUT2D eigenvalue weighted by Crippen LogP contribution is 2.26. The lowest BCUT2D eigenvalue weighted by Gasteiger charge is -2.09. The summed E-state index contributed by atoms with van der Waals surface area (Å²) in [7, 11) is -0.854. The molecule has 1 atom stereocenters. The first-order valence-electron chi connectivity index (χ1n) is 5.61. The summed E-state index contributed by atoms with van der Waals surface area (Å²) in [5, 5.41) is 3.94. The summed E-state index contributed by atoms with van der Waals surface area (Å²) < 4.78 is 12.0. The Morgan fingerprint density at radius 1 is 1.26 bits per heavy atom. The molecule has 6 heteroatoms. The lowest BCUT2D eigenvalue weighted by atomic mass is 10.2. The molecule has 2 rings (SSSR count). The third kappa shape index (κ3) is 4.49. The van der Waals surface area contributed by atoms with E-state index >= 15 is 0 Å². The van der Waals surface area contributed by atoms with Crippen LogP contribution in [0.15, 0.2) is 30.3 Å². The standard InChI is InChI=1S/C13H13Cl2NOS2/c1-19(17)8-9-2-4-11(14)12(6-9)16-7-10-3-5-13(15)18-10/h2-6,16H,7-8H2,1H3. The molecule has 0 amide bonds. The largest absolute Gasteiger partial charge is 0.379 e. The van der Waals surface area contributed by atoms with Crippen LogP contribution < -0.4 is 5.32 Å². The number of nitrogens with one attached hydrogen (secondary N) is 1. The van der Waals surface area contributed by atoms with Crippen LogP contribution in [0.2, 0.25) is 9.36 Å². The number of anilines is 1. The zero-order valence-corrected chi connectivity index (χ0v) is 13.4. The van der Waals surface area contributed by atoms with Crippen LogP contribution in [-0.4, -0.2) is 10.5 Å². The molecule has 0 aliphatic rings. The van der Waals surface area contributed by atoms with E-state index < -0.39 is 10.8 Å². The van der Waals surface area contributed by atoms with Gasteiger partial charge in [0, 0.05) is 34.2 Å². The van der Waals surface area contributed by atoms with E-state index in [0.717, 1.165) is 20.5 Å². The monoisotopic (exact) mass is 333 g/mol. The maximum absolute atomic E-state index is 11.2. The van der Waals surface area contributed by atoms with Gasteiger partial charge in [0.05, 0.1) is 15.0 Å². The summed E-state index contributed by atoms with van der Waals surface area (Å²) in [6.07, 6.45) is 1.69. The van der Waals surface area contributed by atoms with Crippen LogP contribution in [-0.2, 0) is 23.1 Å². The van der Waals surface area contributed by atoms with E-state index in [1.807, 2.05) is 30.3 Å². The van der Waals surface area contributed by atoms with E-state index in [0.29, 0.717) is 17.3 Å². The van der Waals surface area contributed by atoms with Crippen molar-refractivity contribution in [1.29, 1.82) is 0 Å². The summed E-state index contributed by atoms with van der Waals surface area (Å²) in [4.78, 5) is 1.14. The molecule has 2 aromatic rings. The lowest BCUT2D eigenvalue weighted by Crippen LogP contribution is -2.00. The third-order valence-electron chi connectivity index (χ3n) is 2.48. The van der Waals surface area contributed by atoms with Crippen molar-refractivity contribution in [2.24, 2.45) is 0 Å². The van der Waals surface area contributed by atoms with E-state index in [4.69, 9.17) is 23.2 Å². The Morgan fingerprint density at radius 3 is 2.68 bits per heavy atom. The highest BCUT2D eigenvalue weighted by atomic mass is 35.5. The van der Waals surface area contributed by atoms with Crippen LogP contribution in [0.5, 0.6) is 0 Å². The summed E-state index contributed by atoms with van der Waals surface area (Å²) in [6.45, 7) is 0.676. The lowest BCUT2D eigenvalue weighted by molar-refractivity contribution is 0.686. The molecule has 0 saturated heterocycles. The molecule has 0 aliphatic carbocycles. The van der Waals surface area contributed by atoms with E-state index in [1.54, 1.807) is 6.26 Å². The van der Waals surface area contributed by atoms with E-state index in [9.17, 15) is 4.21 Å². The van der Waals surface area contributed by atoms with Crippen molar-refractivity contribution >= 4 is 51.0 Å². The van der Waals surface area contributed by atoms with E-state index in [-0.39, 0.29) is 0 Å². The van der Waals surface area contributed by atoms with Crippen LogP contribution in [0.3, 0.4) is 0 Å². The minimum Gasteiger partial charge on any atom is -0.379 e. The van der Waals surface area contributed by atoms with Gasteiger partial charge in [0.1, 0.15) is 0 Å². The van der Waals surface area contributed by atoms with Gasteiger partial charge in [0.2, 0.25) is 0 Å². The van der Waals surface area contributed by atoms with Crippen LogP contribution >= 0.6 is 34.5 Å². The van der Waals surface area contributed by atoms with Gasteiger partial charge in [-0.2, -0.15) is 0 Å². The molecule has 0 radical (unpaired) electrons. The normalized spacial score (nSPS) is 12.4. The average molecular weight is 334 g/mol. The smallest absolute Gasteiger partial charge is 0.0931 e. The molecule has 1 aromatic carbocycles. The average Bonchev–Trinajstić information content (AvgIpc) is 2.75. The Balaban J connectivity index is 2.08. The summed E-state index contributed by atoms with van der Waals surface area (Å²) in [5.74, 6) is 0.538. The Hall–Kier alpha value is -0.550. The number of rotatable bonds is 5. The number of thiophene rings is 1. The minimum absolute atomic E-state index is 0.538. The molecule has 0 fully saturated rings. The fraction of sp³-hybridized carbons (Fsp3) is 0.231. The number of hydrogen-bond acceptors (Lipinski definition) is 3. The molecule has 1 heterocycles. The van der Waals surface area contributed by atoms with E-state index in [2.05, 4.69) is 5.32 Å². The zero-order chi connectivity index (χ0) is 13.8. The third-order valence-corrected chi connectivity index (χ3v) is 4.78. The highest BCUT2D eigenvalue weighted by molar-refractivity contribution is 7.83. The van der Waals surface area contributed by atoms with Gasteiger partial charge in [-0.25, -0.2) is 0 Å². The van der Waals surface area contributed by atoms with Gasteiger partial charge in [-0.3, -0.25) is 4.21 Å². The van der Waals surface area contributed by atoms with Crippen molar-refractivity contribution in [1.82, 2.24) is 0 Å². The highest BCUT2D eigenvalue weighted by Gasteiger charge is 2.04. The number of benzene rings is 1. The number of hydrogen-bond donors (Lipinski definition) is 1. The molecule has 1 aromatic heterocycles. The molecule has 0 aliphatic heterocycles. The molecular weight excluding hydrogens is 321 g/mol. The SMILES string of the molecule is CS(=O)Cc1ccc(Cl)c(NCc2ccc(Cl)s2)c1. The first-order valence-corrected chi connectivity index (χ1v) is 8.91. The van der Waals surface area contributed by atoms with Gasteiger partial charge in [-0.05, 0) is 29.8 Å². The maximum Gasteiger partial charge on any atom is 0.0931 e. The van der Waals surface area contributed by atoms with Gasteiger partial charge >= 0.3 is 0 Å². The predicted octanol–water partition coefficient (Wildman–Crippen LogP) is 4.55. The fourth-order valence-electron chi connectivity index (χ4n) is 1.66. The van der Waals surface area contributed by atoms with Crippen LogP contribution in [0.4, 0.5) is 5.69 Å². The van der Waals surface area contributed by atoms with Crippen LogP contribution in [0.1, 0.15) is 10.4 Å². The van der Waals surface area contributed by atoms with Crippen molar-refractivity contribution in [2.75, 3.05) is 11.6 Å². The van der Waals surface area contributed by atoms with Crippen molar-refractivity contribution in [3.8, 4) is 0 Å². The van der Waals surface area contributed by atoms with E-state index in [1.165, 1.54) is 11.3 Å². The van der Waals surface area contributed by atoms with Crippen LogP contribution in [0.25, 0.3) is 0 Å². The Morgan fingerprint density at radius 2 is 2.05 bits per heavy atom. The quantitative estimate of drug-likeness (QED) is 0.869. The van der Waals surface area contributed by atoms with Crippen LogP contribution in [0, 0.1) is 0 Å². The Bertz CT molecular complexity index is 598. The predicted molar refractivity (Wildman–Crippen MR) is 85.9 cm³/mol. The van der Waals surface area contributed by atoms with Crippen molar-refractivity contribution < 1.29 is 4.21 Å². The van der Waals surface area contributed by atoms with Crippen molar-refractivity contribution in [3.63, 3.8) is 0 Å². The summed E-state index contributed by atoms with van der Waals surface area (Å²) in [5.41, 5.74) is 1.87. The molecule has 1 N–H and O–H groups in total. The Kier molecular flexibility index (Phi) is 5.28. The fourth-order valence-corrected chi connectivity index (χ4v) is 3.52. The molecule has 19 heavy (non-hydrogen) atoms. The van der Waals surface area contributed by atoms with Crippen molar-refractivity contribution in [3.05, 3.63) is 50.1 Å². The molecule has 0 spiro atoms. The van der Waals surface area contributed by atoms with Gasteiger partial charge in [0.25, 0.3) is 0 Å². The molecule has 0 bridgehead atoms. The zero-order valence-electron chi connectivity index (χ0n) is 10.3. The topological polar surface area (TPSA) is 29.1 Å². The first kappa shape index (κ1) is 14.9. The Labute approximate surface area is 129 Å². The van der Waals surface area contributed by atoms with Crippen molar-refractivity contribution in [2.45, 2.75) is 12.3 Å². The molecule has 2 nitrogen and oxygen atoms in total. The summed E-state index contributed by atoms with van der Waals surface area (Å²) in [6, 6.07) is 9.53. The molecule has 0 saturated carbocycles. The molecule has 102 valence electrons. The van der Waals surface area contributed by atoms with Gasteiger partial charge in [-0.15, -0.1) is 11.3 Å². The summed E-state index contributed by atoms with van der Waals surface area (Å²) >= 11 is 13.6. The second-order valence-electron chi connectivity index (χ2n) is 4.09. The maximum atomic E-state index is 11.2. The second-order valence-corrected chi connectivity index (χ2v) is 7.73.